The number of aliphatic hydroxyl groups excluding tert-OH is 1. The van der Waals surface area contributed by atoms with Crippen LogP contribution in [0.4, 0.5) is 0 Å². The Kier molecular flexibility index (Phi) is 5.09. The Bertz CT molecular complexity index is 310. The quantitative estimate of drug-likeness (QED) is 0.836. The SMILES string of the molecule is CCN(CC)Cc1c(Cl)cccc1CO. The standard InChI is InChI=1S/C12H18ClNO/c1-3-14(4-2)8-11-10(9-15)6-5-7-12(11)13/h5-7,15H,3-4,8-9H2,1-2H3. The van der Waals surface area contributed by atoms with Gasteiger partial charge in [0.25, 0.3) is 0 Å². The van der Waals surface area contributed by atoms with Crippen LogP contribution in [-0.2, 0) is 13.2 Å². The van der Waals surface area contributed by atoms with Crippen LogP contribution in [0.1, 0.15) is 25.0 Å². The fourth-order valence-electron chi connectivity index (χ4n) is 1.60. The largest absolute Gasteiger partial charge is 0.392 e. The Morgan fingerprint density at radius 3 is 2.47 bits per heavy atom. The van der Waals surface area contributed by atoms with E-state index in [1.165, 1.54) is 0 Å². The lowest BCUT2D eigenvalue weighted by Crippen LogP contribution is -2.23. The Balaban J connectivity index is 2.91. The minimum Gasteiger partial charge on any atom is -0.392 e. The van der Waals surface area contributed by atoms with Gasteiger partial charge in [-0.1, -0.05) is 37.6 Å². The average molecular weight is 228 g/mol. The van der Waals surface area contributed by atoms with E-state index in [-0.39, 0.29) is 6.61 Å². The number of rotatable bonds is 5. The lowest BCUT2D eigenvalue weighted by atomic mass is 10.1. The van der Waals surface area contributed by atoms with Gasteiger partial charge in [0, 0.05) is 11.6 Å². The Morgan fingerprint density at radius 2 is 1.93 bits per heavy atom. The summed E-state index contributed by atoms with van der Waals surface area (Å²) < 4.78 is 0. The summed E-state index contributed by atoms with van der Waals surface area (Å²) in [5, 5.41) is 9.97. The molecule has 3 heteroatoms. The molecule has 0 heterocycles. The fourth-order valence-corrected chi connectivity index (χ4v) is 1.85. The number of hydrogen-bond donors (Lipinski definition) is 1. The molecular formula is C12H18ClNO. The van der Waals surface area contributed by atoms with Crippen molar-refractivity contribution in [3.8, 4) is 0 Å². The van der Waals surface area contributed by atoms with Crippen molar-refractivity contribution in [1.29, 1.82) is 0 Å². The minimum atomic E-state index is 0.0527. The summed E-state index contributed by atoms with van der Waals surface area (Å²) in [4.78, 5) is 2.28. The summed E-state index contributed by atoms with van der Waals surface area (Å²) in [6.07, 6.45) is 0. The van der Waals surface area contributed by atoms with Gasteiger partial charge < -0.3 is 5.11 Å². The van der Waals surface area contributed by atoms with Crippen molar-refractivity contribution in [3.05, 3.63) is 34.3 Å². The van der Waals surface area contributed by atoms with Crippen LogP contribution >= 0.6 is 11.6 Å². The van der Waals surface area contributed by atoms with Crippen LogP contribution < -0.4 is 0 Å². The molecule has 1 rings (SSSR count). The second-order valence-electron chi connectivity index (χ2n) is 3.50. The molecule has 15 heavy (non-hydrogen) atoms. The van der Waals surface area contributed by atoms with Crippen molar-refractivity contribution in [3.63, 3.8) is 0 Å². The maximum absolute atomic E-state index is 9.22. The molecule has 0 aliphatic carbocycles. The average Bonchev–Trinajstić information content (AvgIpc) is 2.27. The normalized spacial score (nSPS) is 11.0. The molecule has 0 aromatic heterocycles. The first kappa shape index (κ1) is 12.5. The number of benzene rings is 1. The van der Waals surface area contributed by atoms with Crippen LogP contribution in [0, 0.1) is 0 Å². The van der Waals surface area contributed by atoms with E-state index in [2.05, 4.69) is 18.7 Å². The zero-order valence-electron chi connectivity index (χ0n) is 9.33. The minimum absolute atomic E-state index is 0.0527. The molecule has 1 aromatic carbocycles. The Labute approximate surface area is 96.5 Å². The van der Waals surface area contributed by atoms with Gasteiger partial charge in [-0.05, 0) is 30.3 Å². The van der Waals surface area contributed by atoms with E-state index >= 15 is 0 Å². The van der Waals surface area contributed by atoms with Gasteiger partial charge in [-0.2, -0.15) is 0 Å². The number of nitrogens with zero attached hydrogens (tertiary/aromatic N) is 1. The van der Waals surface area contributed by atoms with E-state index in [0.29, 0.717) is 0 Å². The molecule has 0 amide bonds. The van der Waals surface area contributed by atoms with Crippen molar-refractivity contribution in [2.24, 2.45) is 0 Å². The summed E-state index contributed by atoms with van der Waals surface area (Å²) >= 11 is 6.13. The molecule has 1 N–H and O–H groups in total. The molecule has 2 nitrogen and oxygen atoms in total. The fraction of sp³-hybridized carbons (Fsp3) is 0.500. The molecule has 0 bridgehead atoms. The first-order valence-corrected chi connectivity index (χ1v) is 5.70. The van der Waals surface area contributed by atoms with Crippen molar-refractivity contribution in [1.82, 2.24) is 4.90 Å². The zero-order valence-corrected chi connectivity index (χ0v) is 10.1. The van der Waals surface area contributed by atoms with Crippen LogP contribution in [0.3, 0.4) is 0 Å². The van der Waals surface area contributed by atoms with Crippen molar-refractivity contribution in [2.45, 2.75) is 27.0 Å². The van der Waals surface area contributed by atoms with E-state index < -0.39 is 0 Å². The highest BCUT2D eigenvalue weighted by molar-refractivity contribution is 6.31. The van der Waals surface area contributed by atoms with Gasteiger partial charge >= 0.3 is 0 Å². The summed E-state index contributed by atoms with van der Waals surface area (Å²) in [7, 11) is 0. The molecule has 84 valence electrons. The van der Waals surface area contributed by atoms with Crippen LogP contribution in [0.5, 0.6) is 0 Å². The lowest BCUT2D eigenvalue weighted by Gasteiger charge is -2.20. The van der Waals surface area contributed by atoms with Gasteiger partial charge in [-0.25, -0.2) is 0 Å². The first-order valence-electron chi connectivity index (χ1n) is 5.32. The highest BCUT2D eigenvalue weighted by Gasteiger charge is 2.09. The van der Waals surface area contributed by atoms with Crippen molar-refractivity contribution in [2.75, 3.05) is 13.1 Å². The van der Waals surface area contributed by atoms with Crippen LogP contribution in [0.15, 0.2) is 18.2 Å². The Morgan fingerprint density at radius 1 is 1.27 bits per heavy atom. The van der Waals surface area contributed by atoms with Gasteiger partial charge in [0.15, 0.2) is 0 Å². The highest BCUT2D eigenvalue weighted by Crippen LogP contribution is 2.21. The van der Waals surface area contributed by atoms with Gasteiger partial charge in [0.2, 0.25) is 0 Å². The smallest absolute Gasteiger partial charge is 0.0685 e. The topological polar surface area (TPSA) is 23.5 Å². The molecule has 0 saturated carbocycles. The maximum atomic E-state index is 9.22. The number of aliphatic hydroxyl groups is 1. The summed E-state index contributed by atoms with van der Waals surface area (Å²) in [5.74, 6) is 0. The van der Waals surface area contributed by atoms with Gasteiger partial charge in [0.05, 0.1) is 6.61 Å². The second kappa shape index (κ2) is 6.11. The van der Waals surface area contributed by atoms with E-state index in [1.54, 1.807) is 0 Å². The molecule has 0 atom stereocenters. The van der Waals surface area contributed by atoms with Crippen LogP contribution in [-0.4, -0.2) is 23.1 Å². The molecule has 1 aromatic rings. The van der Waals surface area contributed by atoms with E-state index in [1.807, 2.05) is 18.2 Å². The monoisotopic (exact) mass is 227 g/mol. The highest BCUT2D eigenvalue weighted by atomic mass is 35.5. The molecule has 0 saturated heterocycles. The van der Waals surface area contributed by atoms with Crippen molar-refractivity contribution >= 4 is 11.6 Å². The predicted molar refractivity (Wildman–Crippen MR) is 64.0 cm³/mol. The van der Waals surface area contributed by atoms with Crippen molar-refractivity contribution < 1.29 is 5.11 Å². The van der Waals surface area contributed by atoms with Crippen LogP contribution in [0.2, 0.25) is 5.02 Å². The summed E-state index contributed by atoms with van der Waals surface area (Å²) in [6, 6.07) is 5.67. The third-order valence-corrected chi connectivity index (χ3v) is 3.02. The molecule has 0 unspecified atom stereocenters. The predicted octanol–water partition coefficient (Wildman–Crippen LogP) is 2.67. The van der Waals surface area contributed by atoms with Crippen LogP contribution in [0.25, 0.3) is 0 Å². The molecule has 0 spiro atoms. The molecule has 0 aliphatic rings. The second-order valence-corrected chi connectivity index (χ2v) is 3.90. The van der Waals surface area contributed by atoms with Gasteiger partial charge in [0.1, 0.15) is 0 Å². The molecule has 0 fully saturated rings. The number of hydrogen-bond acceptors (Lipinski definition) is 2. The summed E-state index contributed by atoms with van der Waals surface area (Å²) in [6.45, 7) is 7.09. The molecular weight excluding hydrogens is 210 g/mol. The van der Waals surface area contributed by atoms with E-state index in [4.69, 9.17) is 11.6 Å². The van der Waals surface area contributed by atoms with Gasteiger partial charge in [-0.15, -0.1) is 0 Å². The first-order chi connectivity index (χ1) is 7.22. The maximum Gasteiger partial charge on any atom is 0.0685 e. The summed E-state index contributed by atoms with van der Waals surface area (Å²) in [5.41, 5.74) is 1.97. The lowest BCUT2D eigenvalue weighted by molar-refractivity contribution is 0.269. The zero-order chi connectivity index (χ0) is 11.3. The van der Waals surface area contributed by atoms with E-state index in [9.17, 15) is 5.11 Å². The van der Waals surface area contributed by atoms with E-state index in [0.717, 1.165) is 35.8 Å². The Hall–Kier alpha value is -0.570. The number of halogens is 1. The molecule has 0 radical (unpaired) electrons. The third-order valence-electron chi connectivity index (χ3n) is 2.66. The third kappa shape index (κ3) is 3.20. The molecule has 0 aliphatic heterocycles. The van der Waals surface area contributed by atoms with Gasteiger partial charge in [-0.3, -0.25) is 4.90 Å².